The molecule has 1 aliphatic rings. The van der Waals surface area contributed by atoms with Crippen LogP contribution >= 0.6 is 0 Å². The molecule has 204 valence electrons. The Kier molecular flexibility index (Phi) is 6.82. The third-order valence-corrected chi connectivity index (χ3v) is 7.84. The number of rotatable bonds is 8. The number of hydrogen-bond donors (Lipinski definition) is 2. The predicted octanol–water partition coefficient (Wildman–Crippen LogP) is 4.52. The zero-order chi connectivity index (χ0) is 28.9. The van der Waals surface area contributed by atoms with Crippen LogP contribution < -0.4 is 10.6 Å². The maximum Gasteiger partial charge on any atom is 0.177 e. The lowest BCUT2D eigenvalue weighted by Gasteiger charge is -2.32. The molecule has 1 fully saturated rings. The number of hydrogen-bond acceptors (Lipinski definition) is 8. The molecule has 1 atom stereocenters. The molecule has 2 aromatic carbocycles. The van der Waals surface area contributed by atoms with Gasteiger partial charge in [-0.2, -0.15) is 5.26 Å². The molecule has 2 radical (unpaired) electrons. The second kappa shape index (κ2) is 9.89. The summed E-state index contributed by atoms with van der Waals surface area (Å²) in [6.45, 7) is 6.66. The van der Waals surface area contributed by atoms with E-state index in [0.717, 1.165) is 19.1 Å². The van der Waals surface area contributed by atoms with Crippen molar-refractivity contribution >= 4 is 40.0 Å². The van der Waals surface area contributed by atoms with Gasteiger partial charge in [-0.3, -0.25) is 4.98 Å². The van der Waals surface area contributed by atoms with Crippen molar-refractivity contribution in [2.24, 2.45) is 5.41 Å². The Morgan fingerprint density at radius 1 is 1.20 bits per heavy atom. The van der Waals surface area contributed by atoms with Crippen LogP contribution in [0.5, 0.6) is 0 Å². The molecule has 5 rings (SSSR count). The summed E-state index contributed by atoms with van der Waals surface area (Å²) < 4.78 is 41.5. The molecule has 0 saturated heterocycles. The molecule has 0 bridgehead atoms. The van der Waals surface area contributed by atoms with Crippen molar-refractivity contribution in [1.29, 1.82) is 5.26 Å². The zero-order valence-electron chi connectivity index (χ0n) is 22.7. The fraction of sp³-hybridized carbons (Fsp3) is 0.357. The Bertz CT molecular complexity index is 1740. The molecule has 4 aromatic rings. The van der Waals surface area contributed by atoms with Gasteiger partial charge in [0.15, 0.2) is 9.84 Å². The minimum absolute atomic E-state index is 0.0288. The lowest BCUT2D eigenvalue weighted by atomic mass is 9.69. The van der Waals surface area contributed by atoms with Crippen molar-refractivity contribution in [2.45, 2.75) is 50.0 Å². The largest absolute Gasteiger partial charge is 0.383 e. The normalized spacial score (nSPS) is 15.4. The molecule has 9 nitrogen and oxygen atoms in total. The number of halogens is 1. The Morgan fingerprint density at radius 2 is 1.90 bits per heavy atom. The van der Waals surface area contributed by atoms with E-state index in [1.54, 1.807) is 29.1 Å². The molecule has 12 heteroatoms. The smallest absolute Gasteiger partial charge is 0.177 e. The summed E-state index contributed by atoms with van der Waals surface area (Å²) >= 11 is 0. The number of nitriles is 1. The van der Waals surface area contributed by atoms with Crippen molar-refractivity contribution in [1.82, 2.24) is 20.0 Å². The van der Waals surface area contributed by atoms with Crippen molar-refractivity contribution in [3.8, 4) is 6.07 Å². The number of aromatic nitrogens is 4. The van der Waals surface area contributed by atoms with Crippen LogP contribution in [0.4, 0.5) is 15.8 Å². The fourth-order valence-corrected chi connectivity index (χ4v) is 5.31. The van der Waals surface area contributed by atoms with Gasteiger partial charge < -0.3 is 10.6 Å². The number of anilines is 2. The predicted molar refractivity (Wildman–Crippen MR) is 152 cm³/mol. The summed E-state index contributed by atoms with van der Waals surface area (Å²) in [6.07, 6.45) is 6.20. The highest BCUT2D eigenvalue weighted by molar-refractivity contribution is 7.91. The Hall–Kier alpha value is -3.98. The highest BCUT2D eigenvalue weighted by Crippen LogP contribution is 2.38. The number of fused-ring (bicyclic) bond motifs is 1. The van der Waals surface area contributed by atoms with Crippen LogP contribution in [-0.2, 0) is 15.3 Å². The van der Waals surface area contributed by atoms with Gasteiger partial charge in [-0.05, 0) is 48.1 Å². The fourth-order valence-electron chi connectivity index (χ4n) is 4.45. The molecule has 0 aliphatic heterocycles. The average Bonchev–Trinajstić information content (AvgIpc) is 3.61. The quantitative estimate of drug-likeness (QED) is 0.303. The van der Waals surface area contributed by atoms with Gasteiger partial charge in [0.1, 0.15) is 25.4 Å². The van der Waals surface area contributed by atoms with Crippen LogP contribution in [0.3, 0.4) is 0 Å². The van der Waals surface area contributed by atoms with Gasteiger partial charge in [0.25, 0.3) is 0 Å². The van der Waals surface area contributed by atoms with Crippen molar-refractivity contribution < 1.29 is 12.8 Å². The van der Waals surface area contributed by atoms with Crippen LogP contribution in [0.2, 0.25) is 0 Å². The second-order valence-electron chi connectivity index (χ2n) is 11.5. The number of sulfone groups is 1. The van der Waals surface area contributed by atoms with Crippen LogP contribution in [0.25, 0.3) is 10.9 Å². The van der Waals surface area contributed by atoms with Crippen LogP contribution in [0.15, 0.2) is 53.7 Å². The van der Waals surface area contributed by atoms with Gasteiger partial charge in [-0.25, -0.2) is 17.5 Å². The molecular weight excluding hydrogens is 528 g/mol. The zero-order valence-corrected chi connectivity index (χ0v) is 23.6. The summed E-state index contributed by atoms with van der Waals surface area (Å²) in [6, 6.07) is 11.2. The number of nitrogens with zero attached hydrogens (tertiary/aromatic N) is 5. The van der Waals surface area contributed by atoms with Crippen LogP contribution in [0.1, 0.15) is 56.5 Å². The number of benzene rings is 2. The lowest BCUT2D eigenvalue weighted by molar-refractivity contribution is 0.443. The number of nitrogens with one attached hydrogen (secondary N) is 2. The molecule has 2 aromatic heterocycles. The highest BCUT2D eigenvalue weighted by atomic mass is 32.2. The summed E-state index contributed by atoms with van der Waals surface area (Å²) in [5.74, 6) is -0.428. The van der Waals surface area contributed by atoms with Gasteiger partial charge in [-0.1, -0.05) is 38.1 Å². The van der Waals surface area contributed by atoms with E-state index in [4.69, 9.17) is 7.85 Å². The van der Waals surface area contributed by atoms with Crippen molar-refractivity contribution in [3.05, 3.63) is 71.4 Å². The highest BCUT2D eigenvalue weighted by Gasteiger charge is 2.34. The first-order valence-electron chi connectivity index (χ1n) is 12.8. The first-order valence-corrected chi connectivity index (χ1v) is 14.7. The minimum atomic E-state index is -3.76. The van der Waals surface area contributed by atoms with E-state index >= 15 is 0 Å². The molecule has 2 heterocycles. The molecule has 40 heavy (non-hydrogen) atoms. The van der Waals surface area contributed by atoms with Crippen LogP contribution in [-0.4, -0.2) is 49.0 Å². The molecule has 2 N–H and O–H groups in total. The van der Waals surface area contributed by atoms with E-state index in [9.17, 15) is 18.1 Å². The average molecular weight is 557 g/mol. The van der Waals surface area contributed by atoms with Gasteiger partial charge in [0.05, 0.1) is 39.3 Å². The van der Waals surface area contributed by atoms with E-state index < -0.39 is 21.1 Å². The Morgan fingerprint density at radius 3 is 2.50 bits per heavy atom. The summed E-state index contributed by atoms with van der Waals surface area (Å²) in [5, 5.41) is 25.4. The van der Waals surface area contributed by atoms with Gasteiger partial charge in [0, 0.05) is 30.1 Å². The van der Waals surface area contributed by atoms with E-state index in [0.29, 0.717) is 34.6 Å². The summed E-state index contributed by atoms with van der Waals surface area (Å²) in [5.41, 5.74) is 0.569. The third-order valence-electron chi connectivity index (χ3n) is 6.73. The summed E-state index contributed by atoms with van der Waals surface area (Å²) in [7, 11) is 3.23. The summed E-state index contributed by atoms with van der Waals surface area (Å²) in [4.78, 5) is 4.32. The standard InChI is InChI=1S/C28H29BFN7O2S/c1-27(2,3)16-33-25-17(13-31)14-32-26-22(25)11-20(12-23(26)40(4,38)39)34-28(29,18-5-7-19(30)8-6-18)24-15-37(36-35-24)21-9-10-21/h5-8,11-12,14-15,21,34H,9-10,16H2,1-4H3,(H,32,33). The Labute approximate surface area is 234 Å². The SMILES string of the molecule is [B]C(Nc1cc(S(C)(=O)=O)c2ncc(C#N)c(NCC(C)(C)C)c2c1)(c1ccc(F)cc1)c1cn(C2CC2)nn1. The maximum atomic E-state index is 13.9. The molecular formula is C28H29BFN7O2S. The topological polar surface area (TPSA) is 126 Å². The first kappa shape index (κ1) is 27.6. The molecule has 0 amide bonds. The van der Waals surface area contributed by atoms with E-state index in [1.807, 2.05) is 20.8 Å². The van der Waals surface area contributed by atoms with E-state index in [1.165, 1.54) is 24.4 Å². The van der Waals surface area contributed by atoms with Gasteiger partial charge >= 0.3 is 0 Å². The van der Waals surface area contributed by atoms with E-state index in [2.05, 4.69) is 32.0 Å². The van der Waals surface area contributed by atoms with E-state index in [-0.39, 0.29) is 27.4 Å². The first-order chi connectivity index (χ1) is 18.8. The molecule has 1 unspecified atom stereocenters. The van der Waals surface area contributed by atoms with Crippen molar-refractivity contribution in [2.75, 3.05) is 23.4 Å². The Balaban J connectivity index is 1.71. The monoisotopic (exact) mass is 557 g/mol. The maximum absolute atomic E-state index is 13.9. The van der Waals surface area contributed by atoms with Crippen LogP contribution in [0, 0.1) is 22.6 Å². The molecule has 0 spiro atoms. The second-order valence-corrected chi connectivity index (χ2v) is 13.5. The minimum Gasteiger partial charge on any atom is -0.383 e. The van der Waals surface area contributed by atoms with Gasteiger partial charge in [-0.15, -0.1) is 5.10 Å². The molecule has 1 saturated carbocycles. The lowest BCUT2D eigenvalue weighted by Crippen LogP contribution is -2.38. The van der Waals surface area contributed by atoms with Gasteiger partial charge in [0.2, 0.25) is 0 Å². The molecule has 1 aliphatic carbocycles. The third kappa shape index (κ3) is 5.52. The van der Waals surface area contributed by atoms with Crippen molar-refractivity contribution in [3.63, 3.8) is 0 Å². The number of pyridine rings is 1.